The highest BCUT2D eigenvalue weighted by Crippen LogP contribution is 2.31. The van der Waals surface area contributed by atoms with Gasteiger partial charge in [-0.3, -0.25) is 0 Å². The first-order valence-corrected chi connectivity index (χ1v) is 5.78. The number of anilines is 1. The lowest BCUT2D eigenvalue weighted by molar-refractivity contribution is 0.462. The third-order valence-corrected chi connectivity index (χ3v) is 3.36. The normalized spacial score (nSPS) is 18.0. The number of hydrogen-bond acceptors (Lipinski definition) is 3. The van der Waals surface area contributed by atoms with Crippen molar-refractivity contribution < 1.29 is 0 Å². The zero-order valence-corrected chi connectivity index (χ0v) is 9.16. The van der Waals surface area contributed by atoms with Crippen molar-refractivity contribution in [3.8, 4) is 0 Å². The molecule has 16 heavy (non-hydrogen) atoms. The average Bonchev–Trinajstić information content (AvgIpc) is 2.73. The van der Waals surface area contributed by atoms with Gasteiger partial charge in [0.15, 0.2) is 0 Å². The summed E-state index contributed by atoms with van der Waals surface area (Å²) >= 11 is 0. The average molecular weight is 216 g/mol. The van der Waals surface area contributed by atoms with E-state index in [-0.39, 0.29) is 0 Å². The molecule has 0 radical (unpaired) electrons. The van der Waals surface area contributed by atoms with Crippen LogP contribution in [-0.4, -0.2) is 23.1 Å². The van der Waals surface area contributed by atoms with Crippen LogP contribution < -0.4 is 11.1 Å². The zero-order valence-electron chi connectivity index (χ0n) is 9.16. The van der Waals surface area contributed by atoms with Crippen LogP contribution in [0, 0.1) is 0 Å². The summed E-state index contributed by atoms with van der Waals surface area (Å²) in [6.45, 7) is 2.21. The number of H-pyrrole nitrogens is 1. The largest absolute Gasteiger partial charge is 0.397 e. The van der Waals surface area contributed by atoms with Gasteiger partial charge in [-0.25, -0.2) is 4.98 Å². The van der Waals surface area contributed by atoms with Crippen molar-refractivity contribution in [2.24, 2.45) is 0 Å². The van der Waals surface area contributed by atoms with Gasteiger partial charge in [0, 0.05) is 11.6 Å². The SMILES string of the molecule is Nc1cnc2[nH]cc(C3CCNCC3)c2c1. The first-order chi connectivity index (χ1) is 7.84. The van der Waals surface area contributed by atoms with Crippen molar-refractivity contribution in [3.63, 3.8) is 0 Å². The van der Waals surface area contributed by atoms with E-state index < -0.39 is 0 Å². The Morgan fingerprint density at radius 2 is 2.12 bits per heavy atom. The van der Waals surface area contributed by atoms with Gasteiger partial charge in [0.25, 0.3) is 0 Å². The van der Waals surface area contributed by atoms with Gasteiger partial charge in [-0.1, -0.05) is 0 Å². The number of hydrogen-bond donors (Lipinski definition) is 3. The van der Waals surface area contributed by atoms with E-state index in [0.29, 0.717) is 5.92 Å². The highest BCUT2D eigenvalue weighted by Gasteiger charge is 2.18. The van der Waals surface area contributed by atoms with E-state index in [1.54, 1.807) is 6.20 Å². The molecule has 0 amide bonds. The Labute approximate surface area is 94.3 Å². The van der Waals surface area contributed by atoms with E-state index in [0.717, 1.165) is 24.4 Å². The fourth-order valence-electron chi connectivity index (χ4n) is 2.51. The lowest BCUT2D eigenvalue weighted by atomic mass is 9.90. The number of nitrogens with two attached hydrogens (primary N) is 1. The lowest BCUT2D eigenvalue weighted by Crippen LogP contribution is -2.26. The molecule has 0 aliphatic carbocycles. The highest BCUT2D eigenvalue weighted by atomic mass is 14.9. The van der Waals surface area contributed by atoms with E-state index >= 15 is 0 Å². The number of fused-ring (bicyclic) bond motifs is 1. The second-order valence-electron chi connectivity index (χ2n) is 4.43. The van der Waals surface area contributed by atoms with Crippen LogP contribution in [0.4, 0.5) is 5.69 Å². The molecule has 1 aliphatic heterocycles. The molecule has 4 nitrogen and oxygen atoms in total. The Morgan fingerprint density at radius 1 is 1.31 bits per heavy atom. The van der Waals surface area contributed by atoms with Crippen molar-refractivity contribution in [3.05, 3.63) is 24.0 Å². The first-order valence-electron chi connectivity index (χ1n) is 5.78. The maximum atomic E-state index is 5.79. The summed E-state index contributed by atoms with van der Waals surface area (Å²) < 4.78 is 0. The standard InChI is InChI=1S/C12H16N4/c13-9-5-10-11(7-16-12(10)15-6-9)8-1-3-14-4-2-8/h5-8,14H,1-4,13H2,(H,15,16). The molecule has 4 N–H and O–H groups in total. The Balaban J connectivity index is 2.05. The number of aromatic amines is 1. The molecule has 4 heteroatoms. The molecule has 0 aromatic carbocycles. The predicted molar refractivity (Wildman–Crippen MR) is 65.4 cm³/mol. The number of nitrogens with zero attached hydrogens (tertiary/aromatic N) is 1. The molecule has 2 aromatic heterocycles. The first kappa shape index (κ1) is 9.66. The summed E-state index contributed by atoms with van der Waals surface area (Å²) in [6, 6.07) is 2.02. The molecule has 1 saturated heterocycles. The number of nitrogens with one attached hydrogen (secondary N) is 2. The molecule has 0 unspecified atom stereocenters. The lowest BCUT2D eigenvalue weighted by Gasteiger charge is -2.22. The van der Waals surface area contributed by atoms with Gasteiger partial charge in [0.05, 0.1) is 11.9 Å². The van der Waals surface area contributed by atoms with Crippen LogP contribution in [0.5, 0.6) is 0 Å². The van der Waals surface area contributed by atoms with Gasteiger partial charge in [-0.15, -0.1) is 0 Å². The van der Waals surface area contributed by atoms with Crippen molar-refractivity contribution in [2.45, 2.75) is 18.8 Å². The van der Waals surface area contributed by atoms with Gasteiger partial charge < -0.3 is 16.0 Å². The summed E-state index contributed by atoms with van der Waals surface area (Å²) in [5.41, 5.74) is 8.85. The zero-order chi connectivity index (χ0) is 11.0. The Hall–Kier alpha value is -1.55. The summed E-state index contributed by atoms with van der Waals surface area (Å²) in [7, 11) is 0. The molecule has 2 aromatic rings. The van der Waals surface area contributed by atoms with Gasteiger partial charge >= 0.3 is 0 Å². The molecule has 0 atom stereocenters. The van der Waals surface area contributed by atoms with Crippen LogP contribution >= 0.6 is 0 Å². The molecular weight excluding hydrogens is 200 g/mol. The quantitative estimate of drug-likeness (QED) is 0.678. The smallest absolute Gasteiger partial charge is 0.137 e. The van der Waals surface area contributed by atoms with Crippen LogP contribution in [0.1, 0.15) is 24.3 Å². The van der Waals surface area contributed by atoms with E-state index in [4.69, 9.17) is 5.73 Å². The number of nitrogen functional groups attached to an aromatic ring is 1. The fraction of sp³-hybridized carbons (Fsp3) is 0.417. The summed E-state index contributed by atoms with van der Waals surface area (Å²) in [4.78, 5) is 7.53. The summed E-state index contributed by atoms with van der Waals surface area (Å²) in [5.74, 6) is 0.638. The van der Waals surface area contributed by atoms with Crippen LogP contribution in [0.3, 0.4) is 0 Å². The molecule has 3 heterocycles. The van der Waals surface area contributed by atoms with E-state index in [9.17, 15) is 0 Å². The maximum Gasteiger partial charge on any atom is 0.137 e. The summed E-state index contributed by atoms with van der Waals surface area (Å²) in [5, 5.41) is 4.57. The Kier molecular flexibility index (Phi) is 2.29. The second kappa shape index (κ2) is 3.79. The molecule has 1 aliphatic rings. The van der Waals surface area contributed by atoms with Crippen LogP contribution in [0.15, 0.2) is 18.5 Å². The third kappa shape index (κ3) is 1.55. The number of pyridine rings is 1. The molecular formula is C12H16N4. The van der Waals surface area contributed by atoms with Crippen molar-refractivity contribution in [1.82, 2.24) is 15.3 Å². The minimum atomic E-state index is 0.638. The fourth-order valence-corrected chi connectivity index (χ4v) is 2.51. The molecule has 84 valence electrons. The van der Waals surface area contributed by atoms with Gasteiger partial charge in [0.2, 0.25) is 0 Å². The predicted octanol–water partition coefficient (Wildman–Crippen LogP) is 1.61. The van der Waals surface area contributed by atoms with Crippen molar-refractivity contribution in [2.75, 3.05) is 18.8 Å². The van der Waals surface area contributed by atoms with E-state index in [1.807, 2.05) is 6.07 Å². The Morgan fingerprint density at radius 3 is 2.94 bits per heavy atom. The number of aromatic nitrogens is 2. The molecule has 3 rings (SSSR count). The van der Waals surface area contributed by atoms with Gasteiger partial charge in [-0.05, 0) is 43.5 Å². The van der Waals surface area contributed by atoms with E-state index in [1.165, 1.54) is 23.8 Å². The van der Waals surface area contributed by atoms with Crippen LogP contribution in [0.2, 0.25) is 0 Å². The number of piperidine rings is 1. The minimum Gasteiger partial charge on any atom is -0.397 e. The molecule has 1 fully saturated rings. The van der Waals surface area contributed by atoms with E-state index in [2.05, 4.69) is 21.5 Å². The van der Waals surface area contributed by atoms with Gasteiger partial charge in [-0.2, -0.15) is 0 Å². The molecule has 0 spiro atoms. The third-order valence-electron chi connectivity index (χ3n) is 3.36. The van der Waals surface area contributed by atoms with Crippen molar-refractivity contribution >= 4 is 16.7 Å². The minimum absolute atomic E-state index is 0.638. The maximum absolute atomic E-state index is 5.79. The Bertz CT molecular complexity index is 497. The van der Waals surface area contributed by atoms with Gasteiger partial charge in [0.1, 0.15) is 5.65 Å². The van der Waals surface area contributed by atoms with Crippen molar-refractivity contribution in [1.29, 1.82) is 0 Å². The van der Waals surface area contributed by atoms with Crippen LogP contribution in [-0.2, 0) is 0 Å². The second-order valence-corrected chi connectivity index (χ2v) is 4.43. The topological polar surface area (TPSA) is 66.7 Å². The molecule has 0 bridgehead atoms. The van der Waals surface area contributed by atoms with Crippen LogP contribution in [0.25, 0.3) is 11.0 Å². The molecule has 0 saturated carbocycles. The monoisotopic (exact) mass is 216 g/mol. The number of rotatable bonds is 1. The summed E-state index contributed by atoms with van der Waals surface area (Å²) in [6.07, 6.45) is 6.18. The highest BCUT2D eigenvalue weighted by molar-refractivity contribution is 5.83.